The SMILES string of the molecule is N[C@H]1C[C@@H]2CN(c3ccc(S(=O)(=O)C4CCCCC4)nn3)[C@@H](Cc3ccc4[nH]ccc4c3)[C@H]2C1. The number of fused-ring (bicyclic) bond motifs is 2. The fourth-order valence-electron chi connectivity index (χ4n) is 6.66. The van der Waals surface area contributed by atoms with Gasteiger partial charge >= 0.3 is 0 Å². The monoisotopic (exact) mass is 479 g/mol. The maximum atomic E-state index is 13.1. The highest BCUT2D eigenvalue weighted by Gasteiger charge is 2.47. The number of benzene rings is 1. The second-order valence-corrected chi connectivity index (χ2v) is 12.7. The van der Waals surface area contributed by atoms with Crippen molar-refractivity contribution >= 4 is 26.6 Å². The van der Waals surface area contributed by atoms with Gasteiger partial charge in [-0.1, -0.05) is 25.3 Å². The normalized spacial score (nSPS) is 28.0. The van der Waals surface area contributed by atoms with Crippen molar-refractivity contribution < 1.29 is 8.42 Å². The zero-order valence-corrected chi connectivity index (χ0v) is 20.3. The molecule has 1 saturated heterocycles. The molecule has 3 aromatic rings. The van der Waals surface area contributed by atoms with E-state index in [0.717, 1.165) is 69.2 Å². The van der Waals surface area contributed by atoms with Crippen molar-refractivity contribution in [2.45, 2.75) is 73.7 Å². The molecule has 0 spiro atoms. The number of aromatic amines is 1. The largest absolute Gasteiger partial charge is 0.361 e. The molecule has 4 atom stereocenters. The molecule has 6 rings (SSSR count). The van der Waals surface area contributed by atoms with Crippen molar-refractivity contribution in [3.63, 3.8) is 0 Å². The van der Waals surface area contributed by atoms with E-state index in [2.05, 4.69) is 44.3 Å². The summed E-state index contributed by atoms with van der Waals surface area (Å²) in [6.07, 6.45) is 9.49. The van der Waals surface area contributed by atoms with Crippen molar-refractivity contribution in [3.8, 4) is 0 Å². The van der Waals surface area contributed by atoms with Crippen molar-refractivity contribution in [2.24, 2.45) is 17.6 Å². The Morgan fingerprint density at radius 2 is 1.88 bits per heavy atom. The first-order chi connectivity index (χ1) is 16.5. The molecular weight excluding hydrogens is 446 g/mol. The lowest BCUT2D eigenvalue weighted by Crippen LogP contribution is -2.37. The summed E-state index contributed by atoms with van der Waals surface area (Å²) in [6.45, 7) is 0.902. The highest BCUT2D eigenvalue weighted by Crippen LogP contribution is 2.44. The Kier molecular flexibility index (Phi) is 5.60. The number of sulfone groups is 1. The third kappa shape index (κ3) is 3.90. The molecule has 8 heteroatoms. The fraction of sp³-hybridized carbons (Fsp3) is 0.538. The average molecular weight is 480 g/mol. The number of nitrogens with two attached hydrogens (primary N) is 1. The number of nitrogens with zero attached hydrogens (tertiary/aromatic N) is 3. The second kappa shape index (κ2) is 8.64. The molecule has 0 bridgehead atoms. The number of anilines is 1. The predicted octanol–water partition coefficient (Wildman–Crippen LogP) is 3.85. The molecule has 34 heavy (non-hydrogen) atoms. The van der Waals surface area contributed by atoms with Crippen molar-refractivity contribution in [1.82, 2.24) is 15.2 Å². The Bertz CT molecular complexity index is 1270. The van der Waals surface area contributed by atoms with Crippen LogP contribution in [0.25, 0.3) is 10.9 Å². The molecule has 0 amide bonds. The standard InChI is InChI=1S/C26H33N5O2S/c27-20-14-19-16-31(24(22(19)15-20)13-17-6-7-23-18(12-17)10-11-28-23)25-8-9-26(30-29-25)34(32,33)21-4-2-1-3-5-21/h6-12,19-22,24,28H,1-5,13-16,27H2/t19-,20+,22+,24+/m1/s1. The Morgan fingerprint density at radius 3 is 2.68 bits per heavy atom. The summed E-state index contributed by atoms with van der Waals surface area (Å²) >= 11 is 0. The molecule has 1 aromatic carbocycles. The summed E-state index contributed by atoms with van der Waals surface area (Å²) in [4.78, 5) is 5.62. The summed E-state index contributed by atoms with van der Waals surface area (Å²) in [6, 6.07) is 12.8. The van der Waals surface area contributed by atoms with E-state index in [9.17, 15) is 8.42 Å². The zero-order chi connectivity index (χ0) is 23.3. The van der Waals surface area contributed by atoms with Crippen LogP contribution in [0.5, 0.6) is 0 Å². The van der Waals surface area contributed by atoms with Gasteiger partial charge in [-0.3, -0.25) is 0 Å². The first-order valence-electron chi connectivity index (χ1n) is 12.6. The van der Waals surface area contributed by atoms with Crippen LogP contribution in [-0.4, -0.2) is 47.5 Å². The third-order valence-electron chi connectivity index (χ3n) is 8.38. The van der Waals surface area contributed by atoms with Crippen LogP contribution in [0, 0.1) is 11.8 Å². The van der Waals surface area contributed by atoms with Crippen molar-refractivity contribution in [1.29, 1.82) is 0 Å². The molecule has 3 aliphatic rings. The van der Waals surface area contributed by atoms with Gasteiger partial charge in [0.05, 0.1) is 5.25 Å². The van der Waals surface area contributed by atoms with Crippen LogP contribution in [0.2, 0.25) is 0 Å². The molecule has 180 valence electrons. The predicted molar refractivity (Wildman–Crippen MR) is 133 cm³/mol. The lowest BCUT2D eigenvalue weighted by Gasteiger charge is -2.29. The van der Waals surface area contributed by atoms with Gasteiger partial charge in [-0.05, 0) is 85.2 Å². The molecule has 1 aliphatic heterocycles. The number of hydrogen-bond acceptors (Lipinski definition) is 6. The smallest absolute Gasteiger partial charge is 0.200 e. The fourth-order valence-corrected chi connectivity index (χ4v) is 8.37. The molecule has 0 unspecified atom stereocenters. The molecule has 3 N–H and O–H groups in total. The topological polar surface area (TPSA) is 105 Å². The first-order valence-corrected chi connectivity index (χ1v) is 14.2. The summed E-state index contributed by atoms with van der Waals surface area (Å²) in [7, 11) is -3.41. The van der Waals surface area contributed by atoms with Gasteiger partial charge in [0.25, 0.3) is 0 Å². The number of nitrogens with one attached hydrogen (secondary N) is 1. The lowest BCUT2D eigenvalue weighted by atomic mass is 9.89. The lowest BCUT2D eigenvalue weighted by molar-refractivity contribution is 0.417. The molecule has 2 saturated carbocycles. The minimum Gasteiger partial charge on any atom is -0.361 e. The van der Waals surface area contributed by atoms with E-state index in [4.69, 9.17) is 5.73 Å². The van der Waals surface area contributed by atoms with Gasteiger partial charge in [0.2, 0.25) is 0 Å². The first kappa shape index (κ1) is 22.0. The summed E-state index contributed by atoms with van der Waals surface area (Å²) < 4.78 is 26.1. The van der Waals surface area contributed by atoms with E-state index in [0.29, 0.717) is 11.8 Å². The minimum atomic E-state index is -3.41. The highest BCUT2D eigenvalue weighted by atomic mass is 32.2. The van der Waals surface area contributed by atoms with E-state index in [1.807, 2.05) is 12.3 Å². The molecule has 2 aromatic heterocycles. The van der Waals surface area contributed by atoms with Crippen LogP contribution in [0.1, 0.15) is 50.5 Å². The summed E-state index contributed by atoms with van der Waals surface area (Å²) in [5.41, 5.74) is 8.79. The number of aromatic nitrogens is 3. The van der Waals surface area contributed by atoms with Crippen LogP contribution < -0.4 is 10.6 Å². The quantitative estimate of drug-likeness (QED) is 0.576. The van der Waals surface area contributed by atoms with Gasteiger partial charge in [0.1, 0.15) is 0 Å². The van der Waals surface area contributed by atoms with Gasteiger partial charge in [0, 0.05) is 30.3 Å². The van der Waals surface area contributed by atoms with Crippen molar-refractivity contribution in [2.75, 3.05) is 11.4 Å². The van der Waals surface area contributed by atoms with Crippen molar-refractivity contribution in [3.05, 3.63) is 48.2 Å². The van der Waals surface area contributed by atoms with E-state index in [1.165, 1.54) is 10.9 Å². The number of hydrogen-bond donors (Lipinski definition) is 2. The van der Waals surface area contributed by atoms with Crippen LogP contribution in [0.4, 0.5) is 5.82 Å². The van der Waals surface area contributed by atoms with Crippen LogP contribution >= 0.6 is 0 Å². The van der Waals surface area contributed by atoms with Crippen LogP contribution in [-0.2, 0) is 16.3 Å². The van der Waals surface area contributed by atoms with E-state index in [1.54, 1.807) is 6.07 Å². The highest BCUT2D eigenvalue weighted by molar-refractivity contribution is 7.92. The Morgan fingerprint density at radius 1 is 1.03 bits per heavy atom. The van der Waals surface area contributed by atoms with Gasteiger partial charge in [-0.15, -0.1) is 10.2 Å². The van der Waals surface area contributed by atoms with E-state index < -0.39 is 9.84 Å². The molecule has 3 heterocycles. The van der Waals surface area contributed by atoms with Crippen LogP contribution in [0.15, 0.2) is 47.6 Å². The van der Waals surface area contributed by atoms with Crippen LogP contribution in [0.3, 0.4) is 0 Å². The number of H-pyrrole nitrogens is 1. The zero-order valence-electron chi connectivity index (χ0n) is 19.4. The third-order valence-corrected chi connectivity index (χ3v) is 10.5. The van der Waals surface area contributed by atoms with Gasteiger partial charge < -0.3 is 15.6 Å². The molecule has 0 radical (unpaired) electrons. The maximum absolute atomic E-state index is 13.1. The molecular formula is C26H33N5O2S. The summed E-state index contributed by atoms with van der Waals surface area (Å²) in [5.74, 6) is 1.84. The minimum absolute atomic E-state index is 0.124. The average Bonchev–Trinajstić information content (AvgIpc) is 3.55. The molecule has 7 nitrogen and oxygen atoms in total. The van der Waals surface area contributed by atoms with Gasteiger partial charge in [-0.2, -0.15) is 0 Å². The van der Waals surface area contributed by atoms with Gasteiger partial charge in [-0.25, -0.2) is 8.42 Å². The molecule has 3 fully saturated rings. The molecule has 2 aliphatic carbocycles. The van der Waals surface area contributed by atoms with E-state index in [-0.39, 0.29) is 22.4 Å². The Hall–Kier alpha value is -2.45. The van der Waals surface area contributed by atoms with E-state index >= 15 is 0 Å². The van der Waals surface area contributed by atoms with Gasteiger partial charge in [0.15, 0.2) is 20.7 Å². The summed E-state index contributed by atoms with van der Waals surface area (Å²) in [5, 5.41) is 9.74. The second-order valence-electron chi connectivity index (χ2n) is 10.5. The Balaban J connectivity index is 1.27. The number of rotatable bonds is 5. The Labute approximate surface area is 201 Å². The maximum Gasteiger partial charge on any atom is 0.200 e.